The van der Waals surface area contributed by atoms with Crippen molar-refractivity contribution in [2.45, 2.75) is 6.92 Å². The third-order valence-corrected chi connectivity index (χ3v) is 9.85. The van der Waals surface area contributed by atoms with Crippen LogP contribution in [0.4, 0.5) is 0 Å². The molecule has 9 aromatic rings. The van der Waals surface area contributed by atoms with Crippen molar-refractivity contribution in [3.05, 3.63) is 115 Å². The lowest BCUT2D eigenvalue weighted by atomic mass is 9.31. The molecule has 3 heteroatoms. The van der Waals surface area contributed by atoms with Gasteiger partial charge in [-0.1, -0.05) is 101 Å². The van der Waals surface area contributed by atoms with Gasteiger partial charge in [-0.05, 0) is 69.4 Å². The summed E-state index contributed by atoms with van der Waals surface area (Å²) in [5, 5.41) is 9.94. The molecule has 0 bridgehead atoms. The van der Waals surface area contributed by atoms with Crippen LogP contribution >= 0.6 is 0 Å². The summed E-state index contributed by atoms with van der Waals surface area (Å²) >= 11 is 0. The van der Waals surface area contributed by atoms with Crippen LogP contribution in [0.25, 0.3) is 87.7 Å². The molecule has 0 aliphatic carbocycles. The number of para-hydroxylation sites is 2. The average molecular weight is 532 g/mol. The largest absolute Gasteiger partial charge is 0.456 e. The first-order valence-corrected chi connectivity index (χ1v) is 14.6. The molecule has 192 valence electrons. The number of furan rings is 2. The van der Waals surface area contributed by atoms with Crippen LogP contribution in [0.3, 0.4) is 0 Å². The lowest BCUT2D eigenvalue weighted by molar-refractivity contribution is 0.669. The molecule has 42 heavy (non-hydrogen) atoms. The summed E-state index contributed by atoms with van der Waals surface area (Å²) in [4.78, 5) is 0. The monoisotopic (exact) mass is 532 g/mol. The van der Waals surface area contributed by atoms with E-state index < -0.39 is 0 Å². The zero-order valence-corrected chi connectivity index (χ0v) is 22.8. The molecule has 0 atom stereocenters. The topological polar surface area (TPSA) is 26.3 Å². The highest BCUT2D eigenvalue weighted by molar-refractivity contribution is 7.01. The van der Waals surface area contributed by atoms with Crippen molar-refractivity contribution in [1.29, 1.82) is 0 Å². The Balaban J connectivity index is 1.43. The molecule has 2 aromatic heterocycles. The first-order chi connectivity index (χ1) is 20.7. The Kier molecular flexibility index (Phi) is 3.64. The molecule has 2 aliphatic heterocycles. The first-order valence-electron chi connectivity index (χ1n) is 14.6. The standard InChI is InChI=1S/C39H21BO2/c1-20-16-25-37-33-21(18-31-35(37)23-10-2-4-14-29(23)41-31)8-6-12-27(33)40-28-13-7-9-22-19-32-36(24-11-3-5-15-30(24)42-32)38(34(22)28)26(17-20)39(25)40/h2-19H,1H3. The molecule has 0 spiro atoms. The zero-order chi connectivity index (χ0) is 27.3. The Hall–Kier alpha value is -5.28. The van der Waals surface area contributed by atoms with Crippen molar-refractivity contribution < 1.29 is 8.83 Å². The predicted molar refractivity (Wildman–Crippen MR) is 176 cm³/mol. The maximum Gasteiger partial charge on any atom is 0.244 e. The van der Waals surface area contributed by atoms with E-state index in [9.17, 15) is 0 Å². The summed E-state index contributed by atoms with van der Waals surface area (Å²) < 4.78 is 13.0. The SMILES string of the molecule is Cc1cc2c3c(c1)-c1c4c(cccc4cc4oc5ccccc5c14)B3c1cccc3cc4oc5ccccc5c4c-2c13. The van der Waals surface area contributed by atoms with Crippen molar-refractivity contribution >= 4 is 88.5 Å². The number of fused-ring (bicyclic) bond motifs is 12. The maximum absolute atomic E-state index is 6.50. The van der Waals surface area contributed by atoms with Crippen LogP contribution < -0.4 is 16.4 Å². The van der Waals surface area contributed by atoms with Gasteiger partial charge in [-0.25, -0.2) is 0 Å². The van der Waals surface area contributed by atoms with Gasteiger partial charge in [-0.15, -0.1) is 0 Å². The summed E-state index contributed by atoms with van der Waals surface area (Å²) in [5.74, 6) is 0. The van der Waals surface area contributed by atoms with Gasteiger partial charge in [-0.3, -0.25) is 0 Å². The van der Waals surface area contributed by atoms with E-state index in [1.807, 2.05) is 0 Å². The van der Waals surface area contributed by atoms with Crippen LogP contribution in [0, 0.1) is 6.92 Å². The van der Waals surface area contributed by atoms with E-state index in [2.05, 4.69) is 116 Å². The van der Waals surface area contributed by atoms with E-state index in [-0.39, 0.29) is 6.71 Å². The summed E-state index contributed by atoms with van der Waals surface area (Å²) in [5.41, 5.74) is 14.4. The van der Waals surface area contributed by atoms with Crippen LogP contribution in [0.2, 0.25) is 0 Å². The van der Waals surface area contributed by atoms with E-state index >= 15 is 0 Å². The molecule has 2 nitrogen and oxygen atoms in total. The fraction of sp³-hybridized carbons (Fsp3) is 0.0256. The molecule has 0 N–H and O–H groups in total. The molecule has 11 rings (SSSR count). The lowest BCUT2D eigenvalue weighted by Crippen LogP contribution is -2.57. The molecule has 0 amide bonds. The van der Waals surface area contributed by atoms with Crippen molar-refractivity contribution in [2.24, 2.45) is 0 Å². The van der Waals surface area contributed by atoms with Crippen molar-refractivity contribution in [2.75, 3.05) is 0 Å². The van der Waals surface area contributed by atoms with Crippen molar-refractivity contribution in [1.82, 2.24) is 0 Å². The summed E-state index contributed by atoms with van der Waals surface area (Å²) in [6, 6.07) is 39.9. The second-order valence-corrected chi connectivity index (χ2v) is 12.0. The van der Waals surface area contributed by atoms with E-state index in [1.54, 1.807) is 0 Å². The third kappa shape index (κ3) is 2.38. The minimum absolute atomic E-state index is 0.147. The van der Waals surface area contributed by atoms with Crippen LogP contribution in [0.1, 0.15) is 5.56 Å². The summed E-state index contributed by atoms with van der Waals surface area (Å²) in [7, 11) is 0. The second-order valence-electron chi connectivity index (χ2n) is 12.0. The first kappa shape index (κ1) is 21.5. The van der Waals surface area contributed by atoms with Gasteiger partial charge in [0.05, 0.1) is 0 Å². The highest BCUT2D eigenvalue weighted by atomic mass is 16.3. The number of benzene rings is 7. The van der Waals surface area contributed by atoms with Gasteiger partial charge in [0, 0.05) is 32.7 Å². The fourth-order valence-electron chi connectivity index (χ4n) is 8.40. The van der Waals surface area contributed by atoms with Gasteiger partial charge in [0.2, 0.25) is 6.71 Å². The Bertz CT molecular complexity index is 2520. The molecule has 7 aromatic carbocycles. The third-order valence-electron chi connectivity index (χ3n) is 9.85. The molecule has 2 aliphatic rings. The zero-order valence-electron chi connectivity index (χ0n) is 22.8. The molecule has 0 saturated carbocycles. The van der Waals surface area contributed by atoms with Crippen LogP contribution in [-0.4, -0.2) is 6.71 Å². The van der Waals surface area contributed by atoms with Gasteiger partial charge in [-0.2, -0.15) is 0 Å². The summed E-state index contributed by atoms with van der Waals surface area (Å²) in [6.07, 6.45) is 0. The smallest absolute Gasteiger partial charge is 0.244 e. The molecular formula is C39H21BO2. The van der Waals surface area contributed by atoms with Gasteiger partial charge >= 0.3 is 0 Å². The maximum atomic E-state index is 6.50. The Morgan fingerprint density at radius 3 is 1.50 bits per heavy atom. The van der Waals surface area contributed by atoms with E-state index in [4.69, 9.17) is 8.83 Å². The summed E-state index contributed by atoms with van der Waals surface area (Å²) in [6.45, 7) is 2.39. The van der Waals surface area contributed by atoms with Crippen molar-refractivity contribution in [3.63, 3.8) is 0 Å². The van der Waals surface area contributed by atoms with E-state index in [1.165, 1.54) is 87.3 Å². The van der Waals surface area contributed by atoms with Gasteiger partial charge in [0.25, 0.3) is 0 Å². The highest BCUT2D eigenvalue weighted by Gasteiger charge is 2.40. The Morgan fingerprint density at radius 1 is 0.476 bits per heavy atom. The minimum Gasteiger partial charge on any atom is -0.456 e. The van der Waals surface area contributed by atoms with E-state index in [0.29, 0.717) is 0 Å². The molecule has 0 unspecified atom stereocenters. The van der Waals surface area contributed by atoms with E-state index in [0.717, 1.165) is 22.3 Å². The molecule has 0 fully saturated rings. The fourth-order valence-corrected chi connectivity index (χ4v) is 8.40. The van der Waals surface area contributed by atoms with Crippen LogP contribution in [-0.2, 0) is 0 Å². The van der Waals surface area contributed by atoms with Crippen LogP contribution in [0.15, 0.2) is 118 Å². The number of hydrogen-bond acceptors (Lipinski definition) is 2. The lowest BCUT2D eigenvalue weighted by Gasteiger charge is -2.35. The predicted octanol–water partition coefficient (Wildman–Crippen LogP) is 8.58. The van der Waals surface area contributed by atoms with Crippen LogP contribution in [0.5, 0.6) is 0 Å². The molecular weight excluding hydrogens is 511 g/mol. The number of aryl methyl sites for hydroxylation is 1. The quantitative estimate of drug-likeness (QED) is 0.183. The average Bonchev–Trinajstić information content (AvgIpc) is 3.57. The van der Waals surface area contributed by atoms with Gasteiger partial charge < -0.3 is 8.83 Å². The number of hydrogen-bond donors (Lipinski definition) is 0. The molecule has 0 saturated heterocycles. The molecule has 0 radical (unpaired) electrons. The van der Waals surface area contributed by atoms with Crippen molar-refractivity contribution in [3.8, 4) is 22.3 Å². The Morgan fingerprint density at radius 2 is 0.976 bits per heavy atom. The highest BCUT2D eigenvalue weighted by Crippen LogP contribution is 2.48. The normalized spacial score (nSPS) is 13.3. The minimum atomic E-state index is 0.147. The number of rotatable bonds is 0. The Labute approximate surface area is 240 Å². The second kappa shape index (κ2) is 7.13. The van der Waals surface area contributed by atoms with Gasteiger partial charge in [0.15, 0.2) is 0 Å². The molecule has 4 heterocycles. The van der Waals surface area contributed by atoms with Gasteiger partial charge in [0.1, 0.15) is 22.3 Å².